The standard InChI is InChI=1S/C19H18N6/c1-2-13(10-21-3-1)16-8-14-15-9-19(25-6-4-20-5-7-25)23-12-18(15)24-17(14)11-22-16/h1-3,8-12,20,24H,4-7H2. The Balaban J connectivity index is 1.65. The summed E-state index contributed by atoms with van der Waals surface area (Å²) >= 11 is 0. The summed E-state index contributed by atoms with van der Waals surface area (Å²) in [4.78, 5) is 19.2. The van der Waals surface area contributed by atoms with Crippen LogP contribution in [-0.4, -0.2) is 46.1 Å². The minimum absolute atomic E-state index is 0.932. The Labute approximate surface area is 144 Å². The summed E-state index contributed by atoms with van der Waals surface area (Å²) in [5.74, 6) is 1.04. The van der Waals surface area contributed by atoms with Crippen molar-refractivity contribution in [3.05, 3.63) is 49.1 Å². The molecule has 0 spiro atoms. The minimum atomic E-state index is 0.932. The smallest absolute Gasteiger partial charge is 0.129 e. The highest BCUT2D eigenvalue weighted by atomic mass is 15.2. The van der Waals surface area contributed by atoms with Crippen molar-refractivity contribution in [1.29, 1.82) is 0 Å². The zero-order valence-electron chi connectivity index (χ0n) is 13.7. The van der Waals surface area contributed by atoms with Crippen LogP contribution in [0.2, 0.25) is 0 Å². The molecule has 1 aliphatic heterocycles. The SMILES string of the molecule is c1cncc(-c2cc3c(cn2)[nH]c2cnc(N4CCNCC4)cc23)c1. The largest absolute Gasteiger partial charge is 0.354 e. The predicted octanol–water partition coefficient (Wildman–Crippen LogP) is 2.58. The van der Waals surface area contributed by atoms with Crippen LogP contribution in [0.15, 0.2) is 49.1 Å². The molecule has 4 aromatic heterocycles. The molecule has 0 unspecified atom stereocenters. The van der Waals surface area contributed by atoms with Crippen molar-refractivity contribution in [2.45, 2.75) is 0 Å². The zero-order valence-corrected chi connectivity index (χ0v) is 13.7. The summed E-state index contributed by atoms with van der Waals surface area (Å²) in [6, 6.07) is 8.28. The molecular weight excluding hydrogens is 312 g/mol. The summed E-state index contributed by atoms with van der Waals surface area (Å²) in [6.45, 7) is 3.98. The monoisotopic (exact) mass is 330 g/mol. The molecule has 0 amide bonds. The van der Waals surface area contributed by atoms with Gasteiger partial charge in [0.1, 0.15) is 5.82 Å². The van der Waals surface area contributed by atoms with E-state index in [9.17, 15) is 0 Å². The number of H-pyrrole nitrogens is 1. The van der Waals surface area contributed by atoms with E-state index in [1.54, 1.807) is 6.20 Å². The highest BCUT2D eigenvalue weighted by molar-refractivity contribution is 6.08. The molecule has 5 heterocycles. The second kappa shape index (κ2) is 5.82. The number of aromatic nitrogens is 4. The van der Waals surface area contributed by atoms with Crippen LogP contribution in [0, 0.1) is 0 Å². The number of anilines is 1. The molecule has 0 saturated carbocycles. The Morgan fingerprint density at radius 3 is 2.52 bits per heavy atom. The number of nitrogens with zero attached hydrogens (tertiary/aromatic N) is 4. The van der Waals surface area contributed by atoms with Gasteiger partial charge < -0.3 is 15.2 Å². The molecule has 5 rings (SSSR count). The third-order valence-corrected chi connectivity index (χ3v) is 4.75. The van der Waals surface area contributed by atoms with Gasteiger partial charge in [-0.2, -0.15) is 0 Å². The third-order valence-electron chi connectivity index (χ3n) is 4.75. The lowest BCUT2D eigenvalue weighted by atomic mass is 10.1. The fraction of sp³-hybridized carbons (Fsp3) is 0.211. The molecule has 1 saturated heterocycles. The Kier molecular flexibility index (Phi) is 3.34. The summed E-state index contributed by atoms with van der Waals surface area (Å²) in [5, 5.41) is 5.74. The van der Waals surface area contributed by atoms with Crippen LogP contribution in [0.1, 0.15) is 0 Å². The molecule has 0 aliphatic carbocycles. The van der Waals surface area contributed by atoms with Gasteiger partial charge in [-0.05, 0) is 24.3 Å². The molecule has 0 bridgehead atoms. The van der Waals surface area contributed by atoms with Gasteiger partial charge in [-0.3, -0.25) is 9.97 Å². The normalized spacial score (nSPS) is 15.1. The number of hydrogen-bond donors (Lipinski definition) is 2. The lowest BCUT2D eigenvalue weighted by Gasteiger charge is -2.28. The molecule has 124 valence electrons. The summed E-state index contributed by atoms with van der Waals surface area (Å²) < 4.78 is 0. The zero-order chi connectivity index (χ0) is 16.6. The number of pyridine rings is 3. The average molecular weight is 330 g/mol. The van der Waals surface area contributed by atoms with E-state index in [0.29, 0.717) is 0 Å². The molecule has 1 fully saturated rings. The number of rotatable bonds is 2. The van der Waals surface area contributed by atoms with Gasteiger partial charge in [0.2, 0.25) is 0 Å². The maximum absolute atomic E-state index is 4.64. The number of aromatic amines is 1. The van der Waals surface area contributed by atoms with Crippen LogP contribution in [0.3, 0.4) is 0 Å². The van der Waals surface area contributed by atoms with E-state index >= 15 is 0 Å². The van der Waals surface area contributed by atoms with Crippen molar-refractivity contribution in [3.8, 4) is 11.3 Å². The Hall–Kier alpha value is -2.99. The number of fused-ring (bicyclic) bond motifs is 3. The van der Waals surface area contributed by atoms with E-state index in [-0.39, 0.29) is 0 Å². The Morgan fingerprint density at radius 1 is 0.920 bits per heavy atom. The molecular formula is C19H18N6. The lowest BCUT2D eigenvalue weighted by molar-refractivity contribution is 0.585. The predicted molar refractivity (Wildman–Crippen MR) is 99.7 cm³/mol. The van der Waals surface area contributed by atoms with Crippen molar-refractivity contribution in [2.75, 3.05) is 31.1 Å². The molecule has 6 heteroatoms. The highest BCUT2D eigenvalue weighted by Crippen LogP contribution is 2.30. The fourth-order valence-electron chi connectivity index (χ4n) is 3.43. The van der Waals surface area contributed by atoms with Crippen molar-refractivity contribution in [2.24, 2.45) is 0 Å². The molecule has 0 radical (unpaired) electrons. The van der Waals surface area contributed by atoms with Crippen LogP contribution >= 0.6 is 0 Å². The fourth-order valence-corrected chi connectivity index (χ4v) is 3.43. The second-order valence-electron chi connectivity index (χ2n) is 6.31. The van der Waals surface area contributed by atoms with E-state index in [2.05, 4.69) is 42.3 Å². The van der Waals surface area contributed by atoms with E-state index in [1.807, 2.05) is 30.7 Å². The van der Waals surface area contributed by atoms with Gasteiger partial charge in [0.05, 0.1) is 29.1 Å². The minimum Gasteiger partial charge on any atom is -0.354 e. The van der Waals surface area contributed by atoms with Crippen molar-refractivity contribution < 1.29 is 0 Å². The van der Waals surface area contributed by atoms with E-state index < -0.39 is 0 Å². The summed E-state index contributed by atoms with van der Waals surface area (Å²) in [6.07, 6.45) is 7.44. The third kappa shape index (κ3) is 2.51. The van der Waals surface area contributed by atoms with Gasteiger partial charge in [0.15, 0.2) is 0 Å². The second-order valence-corrected chi connectivity index (χ2v) is 6.31. The van der Waals surface area contributed by atoms with Crippen molar-refractivity contribution in [1.82, 2.24) is 25.3 Å². The lowest BCUT2D eigenvalue weighted by Crippen LogP contribution is -2.43. The highest BCUT2D eigenvalue weighted by Gasteiger charge is 2.14. The summed E-state index contributed by atoms with van der Waals surface area (Å²) in [5.41, 5.74) is 4.03. The molecule has 2 N–H and O–H groups in total. The van der Waals surface area contributed by atoms with Crippen molar-refractivity contribution >= 4 is 27.6 Å². The molecule has 0 atom stereocenters. The maximum Gasteiger partial charge on any atom is 0.129 e. The van der Waals surface area contributed by atoms with Gasteiger partial charge in [-0.25, -0.2) is 4.98 Å². The first-order valence-electron chi connectivity index (χ1n) is 8.52. The molecule has 1 aliphatic rings. The average Bonchev–Trinajstić information content (AvgIpc) is 3.06. The number of hydrogen-bond acceptors (Lipinski definition) is 5. The van der Waals surface area contributed by atoms with Crippen LogP contribution in [0.4, 0.5) is 5.82 Å². The molecule has 4 aromatic rings. The molecule has 6 nitrogen and oxygen atoms in total. The van der Waals surface area contributed by atoms with Crippen molar-refractivity contribution in [3.63, 3.8) is 0 Å². The summed E-state index contributed by atoms with van der Waals surface area (Å²) in [7, 11) is 0. The van der Waals surface area contributed by atoms with Gasteiger partial charge in [-0.1, -0.05) is 0 Å². The van der Waals surface area contributed by atoms with Gasteiger partial charge in [0.25, 0.3) is 0 Å². The first-order valence-corrected chi connectivity index (χ1v) is 8.52. The van der Waals surface area contributed by atoms with E-state index in [0.717, 1.165) is 54.3 Å². The van der Waals surface area contributed by atoms with Gasteiger partial charge in [0, 0.05) is 54.9 Å². The van der Waals surface area contributed by atoms with Crippen LogP contribution in [0.5, 0.6) is 0 Å². The molecule has 0 aromatic carbocycles. The number of nitrogens with one attached hydrogen (secondary N) is 2. The van der Waals surface area contributed by atoms with Crippen LogP contribution in [-0.2, 0) is 0 Å². The number of piperazine rings is 1. The maximum atomic E-state index is 4.64. The van der Waals surface area contributed by atoms with Gasteiger partial charge in [-0.15, -0.1) is 0 Å². The quantitative estimate of drug-likeness (QED) is 0.591. The topological polar surface area (TPSA) is 69.7 Å². The first-order chi connectivity index (χ1) is 12.4. The Bertz CT molecular complexity index is 1030. The van der Waals surface area contributed by atoms with E-state index in [1.165, 1.54) is 10.8 Å². The van der Waals surface area contributed by atoms with Crippen LogP contribution in [0.25, 0.3) is 33.1 Å². The van der Waals surface area contributed by atoms with Gasteiger partial charge >= 0.3 is 0 Å². The first kappa shape index (κ1) is 14.4. The van der Waals surface area contributed by atoms with E-state index in [4.69, 9.17) is 0 Å². The Morgan fingerprint density at radius 2 is 1.72 bits per heavy atom. The van der Waals surface area contributed by atoms with Crippen LogP contribution < -0.4 is 10.2 Å². The molecule has 25 heavy (non-hydrogen) atoms.